The van der Waals surface area contributed by atoms with Gasteiger partial charge in [-0.25, -0.2) is 24.7 Å². The van der Waals surface area contributed by atoms with E-state index in [1.54, 1.807) is 51.0 Å². The maximum Gasteiger partial charge on any atom is 0.420 e. The topological polar surface area (TPSA) is 125 Å². The smallest absolute Gasteiger partial charge is 0.420 e. The summed E-state index contributed by atoms with van der Waals surface area (Å²) in [5.41, 5.74) is 0.895. The Labute approximate surface area is 406 Å². The summed E-state index contributed by atoms with van der Waals surface area (Å²) < 4.78 is 98.5. The summed E-state index contributed by atoms with van der Waals surface area (Å²) in [6.45, 7) is 7.95. The Hall–Kier alpha value is -4.80. The first-order valence-corrected chi connectivity index (χ1v) is 24.3. The molecule has 0 atom stereocenters. The van der Waals surface area contributed by atoms with Gasteiger partial charge >= 0.3 is 18.4 Å². The van der Waals surface area contributed by atoms with Crippen molar-refractivity contribution in [1.29, 1.82) is 0 Å². The molecule has 2 amide bonds. The molecule has 6 aromatic rings. The number of halogens is 8. The molecule has 0 unspecified atom stereocenters. The number of carbonyl (C=O) groups excluding carboxylic acids is 2. The molecule has 67 heavy (non-hydrogen) atoms. The number of aromatic nitrogens is 5. The zero-order chi connectivity index (χ0) is 48.4. The Kier molecular flexibility index (Phi) is 15.3. The fourth-order valence-electron chi connectivity index (χ4n) is 7.80. The van der Waals surface area contributed by atoms with Gasteiger partial charge in [0.2, 0.25) is 5.91 Å². The van der Waals surface area contributed by atoms with Crippen molar-refractivity contribution in [2.75, 3.05) is 40.4 Å². The van der Waals surface area contributed by atoms with E-state index in [0.29, 0.717) is 54.3 Å². The minimum absolute atomic E-state index is 0.000920. The lowest BCUT2D eigenvalue weighted by Gasteiger charge is -2.32. The minimum Gasteiger partial charge on any atom is -0.495 e. The third-order valence-corrected chi connectivity index (χ3v) is 14.3. The van der Waals surface area contributed by atoms with Gasteiger partial charge in [-0.1, -0.05) is 0 Å². The van der Waals surface area contributed by atoms with Gasteiger partial charge in [0, 0.05) is 66.1 Å². The van der Waals surface area contributed by atoms with Crippen molar-refractivity contribution in [3.8, 4) is 34.0 Å². The first kappa shape index (κ1) is 50.1. The molecule has 0 N–H and O–H groups in total. The quantitative estimate of drug-likeness (QED) is 0.137. The van der Waals surface area contributed by atoms with Gasteiger partial charge < -0.3 is 28.6 Å². The first-order chi connectivity index (χ1) is 31.6. The molecular weight excluding hydrogens is 1060 g/mol. The van der Waals surface area contributed by atoms with Crippen LogP contribution in [0.4, 0.5) is 31.1 Å². The molecule has 0 aliphatic carbocycles. The van der Waals surface area contributed by atoms with E-state index < -0.39 is 29.1 Å². The van der Waals surface area contributed by atoms with Gasteiger partial charge in [-0.3, -0.25) is 4.79 Å². The van der Waals surface area contributed by atoms with Crippen LogP contribution in [-0.4, -0.2) is 92.3 Å². The molecule has 4 aromatic heterocycles. The number of likely N-dealkylation sites (tertiary alicyclic amines) is 2. The van der Waals surface area contributed by atoms with E-state index in [4.69, 9.17) is 14.2 Å². The number of imidazole rings is 1. The highest BCUT2D eigenvalue weighted by Crippen LogP contribution is 2.45. The van der Waals surface area contributed by atoms with Gasteiger partial charge in [-0.15, -0.1) is 22.7 Å². The van der Waals surface area contributed by atoms with Crippen molar-refractivity contribution in [1.82, 2.24) is 34.3 Å². The number of amides is 2. The van der Waals surface area contributed by atoms with Gasteiger partial charge in [0.05, 0.1) is 62.0 Å². The number of methoxy groups -OCH3 is 2. The molecule has 2 aliphatic heterocycles. The molecule has 12 nitrogen and oxygen atoms in total. The number of nitrogens with zero attached hydrogens (tertiary/aromatic N) is 7. The fourth-order valence-corrected chi connectivity index (χ4v) is 11.0. The predicted octanol–water partition coefficient (Wildman–Crippen LogP) is 12.5. The van der Waals surface area contributed by atoms with Crippen LogP contribution in [0.5, 0.6) is 11.5 Å². The normalized spacial score (nSPS) is 15.4. The number of fused-ring (bicyclic) bond motifs is 1. The van der Waals surface area contributed by atoms with E-state index in [-0.39, 0.29) is 50.8 Å². The molecule has 8 rings (SSSR count). The highest BCUT2D eigenvalue weighted by molar-refractivity contribution is 9.11. The molecule has 0 bridgehead atoms. The molecule has 358 valence electrons. The summed E-state index contributed by atoms with van der Waals surface area (Å²) in [6.07, 6.45) is -3.19. The number of hydrogen-bond acceptors (Lipinski definition) is 11. The molecule has 2 aromatic carbocycles. The molecule has 0 spiro atoms. The summed E-state index contributed by atoms with van der Waals surface area (Å²) in [5, 5.41) is 5.27. The Morgan fingerprint density at radius 2 is 1.21 bits per heavy atom. The SMILES string of the molecule is COc1c(Br)cc(-c2csc(C3CCN(C(=O)Cn4cnc5cccnc54)CC3)n2)cc1C(F)(F)F.COc1c(Br)cc(-c2csc(C3CCN(C(=O)OC(C)(C)C)CC3)n2)cc1C(F)(F)F. The Morgan fingerprint density at radius 1 is 0.731 bits per heavy atom. The van der Waals surface area contributed by atoms with Crippen LogP contribution in [0.15, 0.2) is 68.6 Å². The van der Waals surface area contributed by atoms with Crippen molar-refractivity contribution in [3.63, 3.8) is 0 Å². The highest BCUT2D eigenvalue weighted by Gasteiger charge is 2.38. The Morgan fingerprint density at radius 3 is 1.66 bits per heavy atom. The number of ether oxygens (including phenoxy) is 3. The number of carbonyl (C=O) groups is 2. The van der Waals surface area contributed by atoms with Crippen LogP contribution >= 0.6 is 54.5 Å². The van der Waals surface area contributed by atoms with E-state index >= 15 is 0 Å². The van der Waals surface area contributed by atoms with Crippen LogP contribution in [0.25, 0.3) is 33.7 Å². The van der Waals surface area contributed by atoms with E-state index in [9.17, 15) is 35.9 Å². The van der Waals surface area contributed by atoms with Gasteiger partial charge in [-0.05, 0) is 115 Å². The summed E-state index contributed by atoms with van der Waals surface area (Å²) in [7, 11) is 2.42. The predicted molar refractivity (Wildman–Crippen MR) is 249 cm³/mol. The number of thiazole rings is 2. The average molecular weight is 1100 g/mol. The number of pyridine rings is 1. The molecule has 2 fully saturated rings. The number of rotatable bonds is 8. The molecule has 2 saturated heterocycles. The summed E-state index contributed by atoms with van der Waals surface area (Å²) in [4.78, 5) is 46.5. The Balaban J connectivity index is 0.000000201. The zero-order valence-corrected chi connectivity index (χ0v) is 41.6. The second kappa shape index (κ2) is 20.4. The maximum atomic E-state index is 13.5. The lowest BCUT2D eigenvalue weighted by Crippen LogP contribution is -2.41. The van der Waals surface area contributed by atoms with E-state index in [1.165, 1.54) is 36.9 Å². The van der Waals surface area contributed by atoms with Crippen LogP contribution in [0.1, 0.15) is 79.4 Å². The average Bonchev–Trinajstić information content (AvgIpc) is 4.07. The van der Waals surface area contributed by atoms with Crippen molar-refractivity contribution in [2.24, 2.45) is 0 Å². The van der Waals surface area contributed by atoms with Gasteiger partial charge in [0.15, 0.2) is 5.65 Å². The largest absolute Gasteiger partial charge is 0.495 e. The number of hydrogen-bond donors (Lipinski definition) is 0. The van der Waals surface area contributed by atoms with Crippen molar-refractivity contribution in [3.05, 3.63) is 89.8 Å². The summed E-state index contributed by atoms with van der Waals surface area (Å²) in [6, 6.07) is 8.96. The summed E-state index contributed by atoms with van der Waals surface area (Å²) >= 11 is 9.22. The lowest BCUT2D eigenvalue weighted by atomic mass is 9.97. The van der Waals surface area contributed by atoms with E-state index in [1.807, 2.05) is 31.7 Å². The van der Waals surface area contributed by atoms with Crippen molar-refractivity contribution in [2.45, 2.75) is 82.8 Å². The third kappa shape index (κ3) is 11.9. The second-order valence-electron chi connectivity index (χ2n) is 16.8. The van der Waals surface area contributed by atoms with Crippen LogP contribution < -0.4 is 9.47 Å². The van der Waals surface area contributed by atoms with Gasteiger partial charge in [-0.2, -0.15) is 26.3 Å². The Bertz CT molecular complexity index is 2720. The second-order valence-corrected chi connectivity index (χ2v) is 20.3. The molecule has 0 radical (unpaired) electrons. The maximum absolute atomic E-state index is 13.5. The van der Waals surface area contributed by atoms with Crippen molar-refractivity contribution < 1.29 is 50.1 Å². The van der Waals surface area contributed by atoms with Crippen LogP contribution in [0.2, 0.25) is 0 Å². The first-order valence-electron chi connectivity index (χ1n) is 21.0. The molecule has 0 saturated carbocycles. The van der Waals surface area contributed by atoms with Crippen LogP contribution in [0.3, 0.4) is 0 Å². The van der Waals surface area contributed by atoms with Crippen LogP contribution in [-0.2, 0) is 28.4 Å². The summed E-state index contributed by atoms with van der Waals surface area (Å²) in [5.74, 6) is -0.200. The monoisotopic (exact) mass is 1100 g/mol. The van der Waals surface area contributed by atoms with Crippen LogP contribution in [0, 0.1) is 0 Å². The van der Waals surface area contributed by atoms with Gasteiger partial charge in [0.25, 0.3) is 0 Å². The number of alkyl halides is 6. The molecule has 6 heterocycles. The highest BCUT2D eigenvalue weighted by atomic mass is 79.9. The number of piperidine rings is 2. The lowest BCUT2D eigenvalue weighted by molar-refractivity contribution is -0.139. The third-order valence-electron chi connectivity index (χ3n) is 11.1. The number of benzene rings is 2. The molecule has 22 heteroatoms. The fraction of sp³-hybridized carbons (Fsp3) is 0.422. The molecular formula is C45H45Br2F6N7O5S2. The minimum atomic E-state index is -4.55. The molecule has 2 aliphatic rings. The standard InChI is InChI=1S/C24H21BrF3N5O2S.C21H24BrF3N2O3S/c1-35-21-16(24(26,27)28)9-15(10-17(21)25)19-12-36-23(31-19)14-4-7-32(8-5-14)20(34)11-33-13-30-18-3-2-6-29-22(18)33;1-20(2,3)30-19(28)27-7-5-12(6-8-27)18-26-16(11-31-18)13-9-14(21(23,24)25)17(29-4)15(22)10-13/h2-3,6,9-10,12-14H,4-5,7-8,11H2,1H3;9-12H,5-8H2,1-4H3. The van der Waals surface area contributed by atoms with E-state index in [0.717, 1.165) is 53.3 Å². The van der Waals surface area contributed by atoms with E-state index in [2.05, 4.69) is 51.8 Å². The van der Waals surface area contributed by atoms with Crippen molar-refractivity contribution >= 4 is 77.7 Å². The van der Waals surface area contributed by atoms with Gasteiger partial charge in [0.1, 0.15) is 29.2 Å². The zero-order valence-electron chi connectivity index (χ0n) is 36.8.